The fourth-order valence-corrected chi connectivity index (χ4v) is 5.78. The van der Waals surface area contributed by atoms with E-state index in [1.54, 1.807) is 6.20 Å². The lowest BCUT2D eigenvalue weighted by Crippen LogP contribution is -2.61. The monoisotopic (exact) mass is 374 g/mol. The van der Waals surface area contributed by atoms with Gasteiger partial charge in [0, 0.05) is 16.2 Å². The molecule has 4 aliphatic rings. The van der Waals surface area contributed by atoms with E-state index in [9.17, 15) is 4.79 Å². The lowest BCUT2D eigenvalue weighted by molar-refractivity contribution is -0.0133. The largest absolute Gasteiger partial charge is 0.332 e. The molecule has 4 aliphatic carbocycles. The molecule has 1 aromatic rings. The van der Waals surface area contributed by atoms with Crippen molar-refractivity contribution in [2.75, 3.05) is 0 Å². The highest BCUT2D eigenvalue weighted by molar-refractivity contribution is 9.10. The van der Waals surface area contributed by atoms with Crippen LogP contribution in [-0.2, 0) is 0 Å². The van der Waals surface area contributed by atoms with Crippen molar-refractivity contribution >= 4 is 28.0 Å². The SMILES string of the molecule is O=C(N/C=C/c1cccc(Br)c1)NC12CC3CC(CC(C3)C1)C2. The van der Waals surface area contributed by atoms with E-state index < -0.39 is 0 Å². The molecule has 2 N–H and O–H groups in total. The molecule has 1 aromatic carbocycles. The van der Waals surface area contributed by atoms with Gasteiger partial charge in [-0.2, -0.15) is 0 Å². The molecular weight excluding hydrogens is 352 g/mol. The summed E-state index contributed by atoms with van der Waals surface area (Å²) in [5.74, 6) is 2.54. The third kappa shape index (κ3) is 3.32. The molecule has 23 heavy (non-hydrogen) atoms. The van der Waals surface area contributed by atoms with Gasteiger partial charge >= 0.3 is 6.03 Å². The lowest BCUT2D eigenvalue weighted by Gasteiger charge is -2.56. The van der Waals surface area contributed by atoms with Crippen molar-refractivity contribution < 1.29 is 4.79 Å². The maximum Gasteiger partial charge on any atom is 0.319 e. The van der Waals surface area contributed by atoms with Crippen LogP contribution in [0, 0.1) is 17.8 Å². The van der Waals surface area contributed by atoms with Crippen LogP contribution in [0.4, 0.5) is 4.79 Å². The highest BCUT2D eigenvalue weighted by Crippen LogP contribution is 2.55. The smallest absolute Gasteiger partial charge is 0.319 e. The van der Waals surface area contributed by atoms with Gasteiger partial charge in [-0.15, -0.1) is 0 Å². The van der Waals surface area contributed by atoms with Gasteiger partial charge in [0.05, 0.1) is 0 Å². The fourth-order valence-electron chi connectivity index (χ4n) is 5.36. The van der Waals surface area contributed by atoms with Gasteiger partial charge in [0.1, 0.15) is 0 Å². The number of urea groups is 1. The third-order valence-electron chi connectivity index (χ3n) is 5.76. The van der Waals surface area contributed by atoms with Crippen molar-refractivity contribution in [3.05, 3.63) is 40.5 Å². The minimum atomic E-state index is -0.0572. The first-order valence-electron chi connectivity index (χ1n) is 8.61. The molecular formula is C19H23BrN2O. The molecule has 4 fully saturated rings. The van der Waals surface area contributed by atoms with Crippen LogP contribution in [0.3, 0.4) is 0 Å². The zero-order chi connectivity index (χ0) is 15.9. The van der Waals surface area contributed by atoms with Crippen LogP contribution < -0.4 is 10.6 Å². The maximum absolute atomic E-state index is 12.3. The number of rotatable bonds is 3. The van der Waals surface area contributed by atoms with Crippen molar-refractivity contribution in [3.63, 3.8) is 0 Å². The van der Waals surface area contributed by atoms with E-state index in [-0.39, 0.29) is 11.6 Å². The quantitative estimate of drug-likeness (QED) is 0.791. The van der Waals surface area contributed by atoms with Crippen LogP contribution >= 0.6 is 15.9 Å². The number of benzene rings is 1. The predicted octanol–water partition coefficient (Wildman–Crippen LogP) is 4.69. The molecule has 4 bridgehead atoms. The van der Waals surface area contributed by atoms with E-state index in [1.807, 2.05) is 30.3 Å². The van der Waals surface area contributed by atoms with Crippen LogP contribution in [0.1, 0.15) is 44.1 Å². The Hall–Kier alpha value is -1.29. The average molecular weight is 375 g/mol. The van der Waals surface area contributed by atoms with Crippen LogP contribution in [0.15, 0.2) is 34.9 Å². The van der Waals surface area contributed by atoms with Crippen molar-refractivity contribution in [2.45, 2.75) is 44.1 Å². The molecule has 4 saturated carbocycles. The van der Waals surface area contributed by atoms with Gasteiger partial charge in [-0.05, 0) is 80.1 Å². The summed E-state index contributed by atoms with van der Waals surface area (Å²) in [4.78, 5) is 12.3. The minimum Gasteiger partial charge on any atom is -0.332 e. The summed E-state index contributed by atoms with van der Waals surface area (Å²) >= 11 is 3.45. The zero-order valence-electron chi connectivity index (χ0n) is 13.2. The summed E-state index contributed by atoms with van der Waals surface area (Å²) in [7, 11) is 0. The summed E-state index contributed by atoms with van der Waals surface area (Å²) in [6.07, 6.45) is 11.4. The standard InChI is InChI=1S/C19H23BrN2O/c20-17-3-1-2-13(9-17)4-5-21-18(23)22-19-10-14-6-15(11-19)8-16(7-14)12-19/h1-5,9,14-16H,6-8,10-12H2,(H2,21,22,23)/b5-4+. The summed E-state index contributed by atoms with van der Waals surface area (Å²) in [6.45, 7) is 0. The van der Waals surface area contributed by atoms with Gasteiger partial charge in [0.15, 0.2) is 0 Å². The summed E-state index contributed by atoms with van der Waals surface area (Å²) < 4.78 is 1.04. The maximum atomic E-state index is 12.3. The molecule has 0 aromatic heterocycles. The van der Waals surface area contributed by atoms with Gasteiger partial charge in [-0.3, -0.25) is 0 Å². The Bertz CT molecular complexity index is 605. The van der Waals surface area contributed by atoms with Crippen molar-refractivity contribution in [3.8, 4) is 0 Å². The molecule has 5 rings (SSSR count). The Morgan fingerprint density at radius 2 is 1.78 bits per heavy atom. The van der Waals surface area contributed by atoms with Gasteiger partial charge in [-0.1, -0.05) is 28.1 Å². The molecule has 122 valence electrons. The number of nitrogens with one attached hydrogen (secondary N) is 2. The van der Waals surface area contributed by atoms with Gasteiger partial charge in [-0.25, -0.2) is 4.79 Å². The Balaban J connectivity index is 1.35. The summed E-state index contributed by atoms with van der Waals surface area (Å²) in [6, 6.07) is 7.96. The number of carbonyl (C=O) groups is 1. The molecule has 0 unspecified atom stereocenters. The first kappa shape index (κ1) is 15.3. The topological polar surface area (TPSA) is 41.1 Å². The fraction of sp³-hybridized carbons (Fsp3) is 0.526. The second-order valence-corrected chi connectivity index (χ2v) is 8.60. The Kier molecular flexibility index (Phi) is 3.96. The number of halogens is 1. The van der Waals surface area contributed by atoms with Gasteiger partial charge in [0.2, 0.25) is 0 Å². The molecule has 2 amide bonds. The van der Waals surface area contributed by atoms with Crippen molar-refractivity contribution in [1.82, 2.24) is 10.6 Å². The zero-order valence-corrected chi connectivity index (χ0v) is 14.8. The molecule has 0 saturated heterocycles. The second-order valence-electron chi connectivity index (χ2n) is 7.68. The minimum absolute atomic E-state index is 0.0572. The van der Waals surface area contributed by atoms with Crippen molar-refractivity contribution in [2.24, 2.45) is 17.8 Å². The number of carbonyl (C=O) groups excluding carboxylic acids is 1. The molecule has 3 nitrogen and oxygen atoms in total. The number of amides is 2. The van der Waals surface area contributed by atoms with E-state index in [0.717, 1.165) is 27.8 Å². The van der Waals surface area contributed by atoms with Gasteiger partial charge in [0.25, 0.3) is 0 Å². The lowest BCUT2D eigenvalue weighted by atomic mass is 9.53. The second kappa shape index (κ2) is 5.97. The highest BCUT2D eigenvalue weighted by Gasteiger charge is 2.51. The molecule has 0 radical (unpaired) electrons. The van der Waals surface area contributed by atoms with Gasteiger partial charge < -0.3 is 10.6 Å². The van der Waals surface area contributed by atoms with Crippen LogP contribution in [0.2, 0.25) is 0 Å². The Morgan fingerprint density at radius 1 is 1.13 bits per heavy atom. The average Bonchev–Trinajstić information content (AvgIpc) is 2.45. The Morgan fingerprint density at radius 3 is 2.39 bits per heavy atom. The van der Waals surface area contributed by atoms with E-state index in [4.69, 9.17) is 0 Å². The van der Waals surface area contributed by atoms with E-state index >= 15 is 0 Å². The van der Waals surface area contributed by atoms with Crippen LogP contribution in [0.25, 0.3) is 6.08 Å². The molecule has 0 aliphatic heterocycles. The highest BCUT2D eigenvalue weighted by atomic mass is 79.9. The van der Waals surface area contributed by atoms with Crippen LogP contribution in [0.5, 0.6) is 0 Å². The third-order valence-corrected chi connectivity index (χ3v) is 6.25. The summed E-state index contributed by atoms with van der Waals surface area (Å²) in [5, 5.41) is 6.19. The summed E-state index contributed by atoms with van der Waals surface area (Å²) in [5.41, 5.74) is 1.14. The van der Waals surface area contributed by atoms with Crippen LogP contribution in [-0.4, -0.2) is 11.6 Å². The molecule has 0 heterocycles. The van der Waals surface area contributed by atoms with Crippen molar-refractivity contribution in [1.29, 1.82) is 0 Å². The number of hydrogen-bond acceptors (Lipinski definition) is 1. The van der Waals surface area contributed by atoms with E-state index in [2.05, 4.69) is 26.6 Å². The number of hydrogen-bond donors (Lipinski definition) is 2. The predicted molar refractivity (Wildman–Crippen MR) is 95.7 cm³/mol. The first-order valence-corrected chi connectivity index (χ1v) is 9.40. The molecule has 0 spiro atoms. The first-order chi connectivity index (χ1) is 11.1. The normalized spacial score (nSPS) is 34.7. The van der Waals surface area contributed by atoms with E-state index in [0.29, 0.717) is 0 Å². The Labute approximate surface area is 146 Å². The van der Waals surface area contributed by atoms with E-state index in [1.165, 1.54) is 38.5 Å². The molecule has 4 heteroatoms. The molecule has 0 atom stereocenters.